The summed E-state index contributed by atoms with van der Waals surface area (Å²) in [6, 6.07) is 9.60. The van der Waals surface area contributed by atoms with E-state index in [-0.39, 0.29) is 5.91 Å². The van der Waals surface area contributed by atoms with Gasteiger partial charge in [0.05, 0.1) is 0 Å². The third-order valence-corrected chi connectivity index (χ3v) is 4.23. The number of rotatable bonds is 4. The number of likely N-dealkylation sites (tertiary alicyclic amines) is 1. The van der Waals surface area contributed by atoms with Gasteiger partial charge in [-0.3, -0.25) is 4.79 Å². The molecule has 0 unspecified atom stereocenters. The number of hydrogen-bond donors (Lipinski definition) is 0. The van der Waals surface area contributed by atoms with Gasteiger partial charge in [0.2, 0.25) is 0 Å². The SMILES string of the molecule is O=C(c1ccccc1)N1CCC(CCCBr)CC1. The van der Waals surface area contributed by atoms with Gasteiger partial charge in [0.25, 0.3) is 5.91 Å². The Kier molecular flexibility index (Phi) is 5.24. The molecule has 0 bridgehead atoms. The van der Waals surface area contributed by atoms with Crippen LogP contribution in [0, 0.1) is 5.92 Å². The summed E-state index contributed by atoms with van der Waals surface area (Å²) in [5, 5.41) is 1.09. The summed E-state index contributed by atoms with van der Waals surface area (Å²) in [6.45, 7) is 1.83. The molecule has 2 rings (SSSR count). The predicted molar refractivity (Wildman–Crippen MR) is 78.1 cm³/mol. The van der Waals surface area contributed by atoms with E-state index < -0.39 is 0 Å². The van der Waals surface area contributed by atoms with E-state index in [2.05, 4.69) is 15.9 Å². The second kappa shape index (κ2) is 6.93. The molecule has 1 saturated heterocycles. The Balaban J connectivity index is 1.84. The lowest BCUT2D eigenvalue weighted by molar-refractivity contribution is 0.0686. The molecule has 1 aromatic rings. The Morgan fingerprint density at radius 1 is 1.22 bits per heavy atom. The molecule has 1 amide bonds. The molecule has 0 aromatic heterocycles. The number of carbonyl (C=O) groups excluding carboxylic acids is 1. The van der Waals surface area contributed by atoms with Gasteiger partial charge in [0.1, 0.15) is 0 Å². The summed E-state index contributed by atoms with van der Waals surface area (Å²) in [4.78, 5) is 14.2. The first-order valence-corrected chi connectivity index (χ1v) is 7.83. The van der Waals surface area contributed by atoms with Crippen LogP contribution in [0.3, 0.4) is 0 Å². The van der Waals surface area contributed by atoms with Crippen molar-refractivity contribution < 1.29 is 4.79 Å². The van der Waals surface area contributed by atoms with Crippen LogP contribution < -0.4 is 0 Å². The molecule has 1 aromatic carbocycles. The molecular weight excluding hydrogens is 290 g/mol. The number of nitrogens with zero attached hydrogens (tertiary/aromatic N) is 1. The van der Waals surface area contributed by atoms with Crippen molar-refractivity contribution in [3.05, 3.63) is 35.9 Å². The average molecular weight is 310 g/mol. The third-order valence-electron chi connectivity index (χ3n) is 3.67. The van der Waals surface area contributed by atoms with Gasteiger partial charge >= 0.3 is 0 Å². The van der Waals surface area contributed by atoms with Crippen LogP contribution in [0.25, 0.3) is 0 Å². The van der Waals surface area contributed by atoms with Crippen molar-refractivity contribution in [3.8, 4) is 0 Å². The summed E-state index contributed by atoms with van der Waals surface area (Å²) in [5.74, 6) is 0.997. The van der Waals surface area contributed by atoms with Crippen molar-refractivity contribution in [3.63, 3.8) is 0 Å². The molecular formula is C15H20BrNO. The highest BCUT2D eigenvalue weighted by molar-refractivity contribution is 9.09. The number of halogens is 1. The van der Waals surface area contributed by atoms with Gasteiger partial charge in [-0.25, -0.2) is 0 Å². The smallest absolute Gasteiger partial charge is 0.253 e. The Morgan fingerprint density at radius 3 is 2.50 bits per heavy atom. The lowest BCUT2D eigenvalue weighted by Gasteiger charge is -2.32. The summed E-state index contributed by atoms with van der Waals surface area (Å²) < 4.78 is 0. The van der Waals surface area contributed by atoms with Gasteiger partial charge in [-0.2, -0.15) is 0 Å². The number of benzene rings is 1. The van der Waals surface area contributed by atoms with E-state index in [0.29, 0.717) is 0 Å². The normalized spacial score (nSPS) is 16.8. The Labute approximate surface area is 117 Å². The van der Waals surface area contributed by atoms with Crippen LogP contribution in [0.15, 0.2) is 30.3 Å². The molecule has 1 fully saturated rings. The van der Waals surface area contributed by atoms with Gasteiger partial charge in [-0.15, -0.1) is 0 Å². The molecule has 0 spiro atoms. The lowest BCUT2D eigenvalue weighted by Crippen LogP contribution is -2.38. The Bertz CT molecular complexity index is 371. The van der Waals surface area contributed by atoms with Gasteiger partial charge in [-0.05, 0) is 43.7 Å². The molecule has 0 N–H and O–H groups in total. The molecule has 3 heteroatoms. The van der Waals surface area contributed by atoms with Crippen LogP contribution >= 0.6 is 15.9 Å². The number of hydrogen-bond acceptors (Lipinski definition) is 1. The summed E-state index contributed by atoms with van der Waals surface area (Å²) in [5.41, 5.74) is 0.816. The number of carbonyl (C=O) groups is 1. The van der Waals surface area contributed by atoms with Crippen molar-refractivity contribution in [2.75, 3.05) is 18.4 Å². The van der Waals surface area contributed by atoms with Crippen molar-refractivity contribution in [1.29, 1.82) is 0 Å². The fourth-order valence-corrected chi connectivity index (χ4v) is 2.88. The Morgan fingerprint density at radius 2 is 1.89 bits per heavy atom. The van der Waals surface area contributed by atoms with Crippen LogP contribution in [0.5, 0.6) is 0 Å². The molecule has 0 atom stereocenters. The Hall–Kier alpha value is -0.830. The van der Waals surface area contributed by atoms with E-state index in [1.165, 1.54) is 12.8 Å². The van der Waals surface area contributed by atoms with Gasteiger partial charge < -0.3 is 4.90 Å². The number of piperidine rings is 1. The van der Waals surface area contributed by atoms with Gasteiger partial charge in [0.15, 0.2) is 0 Å². The zero-order valence-electron chi connectivity index (χ0n) is 10.6. The maximum absolute atomic E-state index is 12.2. The van der Waals surface area contributed by atoms with Crippen LogP contribution in [0.1, 0.15) is 36.0 Å². The van der Waals surface area contributed by atoms with E-state index >= 15 is 0 Å². The topological polar surface area (TPSA) is 20.3 Å². The summed E-state index contributed by atoms with van der Waals surface area (Å²) in [7, 11) is 0. The molecule has 1 aliphatic rings. The maximum atomic E-state index is 12.2. The standard InChI is InChI=1S/C15H20BrNO/c16-10-4-5-13-8-11-17(12-9-13)15(18)14-6-2-1-3-7-14/h1-3,6-7,13H,4-5,8-12H2. The van der Waals surface area contributed by atoms with Crippen molar-refractivity contribution >= 4 is 21.8 Å². The average Bonchev–Trinajstić information content (AvgIpc) is 2.46. The summed E-state index contributed by atoms with van der Waals surface area (Å²) in [6.07, 6.45) is 4.85. The highest BCUT2D eigenvalue weighted by atomic mass is 79.9. The monoisotopic (exact) mass is 309 g/mol. The fourth-order valence-electron chi connectivity index (χ4n) is 2.55. The van der Waals surface area contributed by atoms with Crippen LogP contribution in [-0.2, 0) is 0 Å². The third kappa shape index (κ3) is 3.58. The maximum Gasteiger partial charge on any atom is 0.253 e. The molecule has 0 saturated carbocycles. The lowest BCUT2D eigenvalue weighted by atomic mass is 9.92. The fraction of sp³-hybridized carbons (Fsp3) is 0.533. The molecule has 0 radical (unpaired) electrons. The van der Waals surface area contributed by atoms with E-state index in [0.717, 1.165) is 42.7 Å². The first-order chi connectivity index (χ1) is 8.81. The minimum absolute atomic E-state index is 0.189. The second-order valence-electron chi connectivity index (χ2n) is 4.93. The van der Waals surface area contributed by atoms with E-state index in [4.69, 9.17) is 0 Å². The molecule has 0 aliphatic carbocycles. The minimum atomic E-state index is 0.189. The molecule has 98 valence electrons. The second-order valence-corrected chi connectivity index (χ2v) is 5.73. The number of amides is 1. The zero-order valence-corrected chi connectivity index (χ0v) is 12.2. The quantitative estimate of drug-likeness (QED) is 0.776. The van der Waals surface area contributed by atoms with Crippen molar-refractivity contribution in [2.24, 2.45) is 5.92 Å². The van der Waals surface area contributed by atoms with Crippen molar-refractivity contribution in [2.45, 2.75) is 25.7 Å². The van der Waals surface area contributed by atoms with Crippen LogP contribution in [0.2, 0.25) is 0 Å². The van der Waals surface area contributed by atoms with E-state index in [9.17, 15) is 4.79 Å². The molecule has 2 nitrogen and oxygen atoms in total. The van der Waals surface area contributed by atoms with Crippen LogP contribution in [0.4, 0.5) is 0 Å². The molecule has 1 aliphatic heterocycles. The molecule has 18 heavy (non-hydrogen) atoms. The zero-order chi connectivity index (χ0) is 12.8. The minimum Gasteiger partial charge on any atom is -0.339 e. The highest BCUT2D eigenvalue weighted by Crippen LogP contribution is 2.23. The van der Waals surface area contributed by atoms with Crippen molar-refractivity contribution in [1.82, 2.24) is 4.90 Å². The molecule has 1 heterocycles. The largest absolute Gasteiger partial charge is 0.339 e. The van der Waals surface area contributed by atoms with E-state index in [1.54, 1.807) is 0 Å². The highest BCUT2D eigenvalue weighted by Gasteiger charge is 2.22. The van der Waals surface area contributed by atoms with Gasteiger partial charge in [-0.1, -0.05) is 34.1 Å². The number of alkyl halides is 1. The van der Waals surface area contributed by atoms with Crippen LogP contribution in [-0.4, -0.2) is 29.2 Å². The van der Waals surface area contributed by atoms with E-state index in [1.807, 2.05) is 35.2 Å². The summed E-state index contributed by atoms with van der Waals surface area (Å²) >= 11 is 3.48. The first kappa shape index (κ1) is 13.6. The van der Waals surface area contributed by atoms with Gasteiger partial charge in [0, 0.05) is 24.0 Å². The first-order valence-electron chi connectivity index (χ1n) is 6.71. The predicted octanol–water partition coefficient (Wildman–Crippen LogP) is 3.71.